The maximum atomic E-state index is 12.9. The highest BCUT2D eigenvalue weighted by Gasteiger charge is 2.24. The molecule has 32 heavy (non-hydrogen) atoms. The molecule has 2 rings (SSSR count). The Balaban J connectivity index is 2.20. The Morgan fingerprint density at radius 2 is 1.62 bits per heavy atom. The van der Waals surface area contributed by atoms with Gasteiger partial charge >= 0.3 is 0 Å². The maximum Gasteiger partial charge on any atom is 0.273 e. The van der Waals surface area contributed by atoms with Gasteiger partial charge in [0.15, 0.2) is 0 Å². The van der Waals surface area contributed by atoms with Gasteiger partial charge in [0, 0.05) is 38.9 Å². The highest BCUT2D eigenvalue weighted by molar-refractivity contribution is 7.89. The average molecular weight is 468 g/mol. The molecule has 0 unspecified atom stereocenters. The molecule has 0 atom stereocenters. The number of benzene rings is 2. The third-order valence-corrected chi connectivity index (χ3v) is 6.40. The summed E-state index contributed by atoms with van der Waals surface area (Å²) in [6.45, 7) is 0.760. The van der Waals surface area contributed by atoms with E-state index in [4.69, 9.17) is 14.2 Å². The summed E-state index contributed by atoms with van der Waals surface area (Å²) in [6, 6.07) is 9.23. The third-order valence-electron chi connectivity index (χ3n) is 4.49. The maximum absolute atomic E-state index is 12.9. The molecule has 2 aromatic rings. The summed E-state index contributed by atoms with van der Waals surface area (Å²) in [4.78, 5) is 22.9. The number of nitro groups is 1. The molecule has 11 nitrogen and oxygen atoms in total. The third kappa shape index (κ3) is 6.23. The predicted octanol–water partition coefficient (Wildman–Crippen LogP) is 2.14. The van der Waals surface area contributed by atoms with Crippen LogP contribution in [0.5, 0.6) is 5.75 Å². The van der Waals surface area contributed by atoms with Crippen LogP contribution in [0, 0.1) is 10.1 Å². The number of hydrogen-bond donors (Lipinski definition) is 1. The summed E-state index contributed by atoms with van der Waals surface area (Å²) in [5.41, 5.74) is 0.260. The fourth-order valence-corrected chi connectivity index (χ4v) is 4.16. The van der Waals surface area contributed by atoms with Crippen LogP contribution >= 0.6 is 0 Å². The van der Waals surface area contributed by atoms with Crippen LogP contribution in [0.15, 0.2) is 47.4 Å². The number of nitrogens with one attached hydrogen (secondary N) is 1. The molecule has 2 aromatic carbocycles. The summed E-state index contributed by atoms with van der Waals surface area (Å²) in [7, 11) is 0.475. The molecule has 0 saturated carbocycles. The zero-order valence-electron chi connectivity index (χ0n) is 17.9. The Labute approximate surface area is 186 Å². The van der Waals surface area contributed by atoms with Crippen LogP contribution in [-0.4, -0.2) is 71.2 Å². The van der Waals surface area contributed by atoms with Gasteiger partial charge < -0.3 is 19.5 Å². The van der Waals surface area contributed by atoms with Gasteiger partial charge in [0.25, 0.3) is 11.6 Å². The van der Waals surface area contributed by atoms with Crippen LogP contribution in [0.1, 0.15) is 10.4 Å². The smallest absolute Gasteiger partial charge is 0.273 e. The number of sulfonamides is 1. The minimum absolute atomic E-state index is 0.0224. The van der Waals surface area contributed by atoms with E-state index in [0.29, 0.717) is 0 Å². The minimum atomic E-state index is -3.81. The number of hydrogen-bond acceptors (Lipinski definition) is 8. The fourth-order valence-electron chi connectivity index (χ4n) is 2.76. The molecule has 0 aliphatic heterocycles. The van der Waals surface area contributed by atoms with Gasteiger partial charge in [0.05, 0.1) is 41.9 Å². The molecule has 0 heterocycles. The molecule has 0 spiro atoms. The van der Waals surface area contributed by atoms with E-state index in [1.165, 1.54) is 68.1 Å². The second-order valence-electron chi connectivity index (χ2n) is 6.51. The normalized spacial score (nSPS) is 11.4. The molecular formula is C20H25N3O8S. The van der Waals surface area contributed by atoms with Crippen molar-refractivity contribution in [2.45, 2.75) is 4.90 Å². The quantitative estimate of drug-likeness (QED) is 0.370. The van der Waals surface area contributed by atoms with Crippen molar-refractivity contribution in [1.29, 1.82) is 0 Å². The van der Waals surface area contributed by atoms with E-state index >= 15 is 0 Å². The molecule has 1 N–H and O–H groups in total. The van der Waals surface area contributed by atoms with E-state index in [0.717, 1.165) is 0 Å². The van der Waals surface area contributed by atoms with Crippen molar-refractivity contribution in [2.75, 3.05) is 52.9 Å². The van der Waals surface area contributed by atoms with E-state index in [9.17, 15) is 23.3 Å². The summed E-state index contributed by atoms with van der Waals surface area (Å²) in [6.07, 6.45) is 0. The number of nitro benzene ring substituents is 1. The molecular weight excluding hydrogens is 442 g/mol. The molecule has 12 heteroatoms. The summed E-state index contributed by atoms with van der Waals surface area (Å²) in [5, 5.41) is 13.5. The van der Waals surface area contributed by atoms with E-state index in [-0.39, 0.29) is 53.9 Å². The lowest BCUT2D eigenvalue weighted by atomic mass is 10.2. The Morgan fingerprint density at radius 3 is 2.12 bits per heavy atom. The number of amides is 1. The zero-order valence-corrected chi connectivity index (χ0v) is 18.8. The predicted molar refractivity (Wildman–Crippen MR) is 117 cm³/mol. The number of methoxy groups -OCH3 is 3. The van der Waals surface area contributed by atoms with Gasteiger partial charge in [-0.1, -0.05) is 0 Å². The molecule has 1 amide bonds. The Morgan fingerprint density at radius 1 is 1.03 bits per heavy atom. The monoisotopic (exact) mass is 467 g/mol. The van der Waals surface area contributed by atoms with Crippen molar-refractivity contribution in [3.05, 3.63) is 58.1 Å². The summed E-state index contributed by atoms with van der Waals surface area (Å²) in [5.74, 6) is -0.407. The van der Waals surface area contributed by atoms with Crippen molar-refractivity contribution in [3.8, 4) is 5.75 Å². The number of carbonyl (C=O) groups excluding carboxylic acids is 1. The Bertz CT molecular complexity index is 1030. The second kappa shape index (κ2) is 11.5. The molecule has 0 aliphatic carbocycles. The molecule has 0 fully saturated rings. The summed E-state index contributed by atoms with van der Waals surface area (Å²) < 4.78 is 42.2. The Kier molecular flexibility index (Phi) is 9.08. The van der Waals surface area contributed by atoms with Gasteiger partial charge in [-0.15, -0.1) is 0 Å². The van der Waals surface area contributed by atoms with Gasteiger partial charge in [-0.3, -0.25) is 14.9 Å². The molecule has 0 bridgehead atoms. The molecule has 0 radical (unpaired) electrons. The molecule has 0 aliphatic rings. The van der Waals surface area contributed by atoms with E-state index < -0.39 is 20.9 Å². The fraction of sp³-hybridized carbons (Fsp3) is 0.350. The lowest BCUT2D eigenvalue weighted by Gasteiger charge is -2.21. The van der Waals surface area contributed by atoms with Crippen LogP contribution in [0.4, 0.5) is 11.4 Å². The summed E-state index contributed by atoms with van der Waals surface area (Å²) >= 11 is 0. The van der Waals surface area contributed by atoms with Gasteiger partial charge in [-0.25, -0.2) is 8.42 Å². The van der Waals surface area contributed by atoms with Gasteiger partial charge in [-0.05, 0) is 30.3 Å². The molecule has 0 aromatic heterocycles. The Hall–Kier alpha value is -3.06. The number of nitrogens with zero attached hydrogens (tertiary/aromatic N) is 2. The van der Waals surface area contributed by atoms with Crippen molar-refractivity contribution in [2.24, 2.45) is 0 Å². The first kappa shape index (κ1) is 25.2. The van der Waals surface area contributed by atoms with Crippen molar-refractivity contribution >= 4 is 27.3 Å². The van der Waals surface area contributed by atoms with Crippen LogP contribution in [-0.2, 0) is 19.5 Å². The topological polar surface area (TPSA) is 137 Å². The second-order valence-corrected chi connectivity index (χ2v) is 8.45. The number of ether oxygens (including phenoxy) is 3. The van der Waals surface area contributed by atoms with Crippen LogP contribution < -0.4 is 10.1 Å². The number of anilines is 1. The van der Waals surface area contributed by atoms with Crippen LogP contribution in [0.3, 0.4) is 0 Å². The van der Waals surface area contributed by atoms with Gasteiger partial charge in [-0.2, -0.15) is 4.31 Å². The van der Waals surface area contributed by atoms with Crippen molar-refractivity contribution in [1.82, 2.24) is 4.31 Å². The number of rotatable bonds is 12. The van der Waals surface area contributed by atoms with Gasteiger partial charge in [0.1, 0.15) is 5.75 Å². The highest BCUT2D eigenvalue weighted by atomic mass is 32.2. The molecule has 174 valence electrons. The van der Waals surface area contributed by atoms with Crippen LogP contribution in [0.25, 0.3) is 0 Å². The van der Waals surface area contributed by atoms with E-state index in [1.54, 1.807) is 0 Å². The average Bonchev–Trinajstić information content (AvgIpc) is 2.79. The SMILES string of the molecule is COCCN(CCOC)S(=O)(=O)c1ccc(C(=O)Nc2ccc([N+](=O)[O-])cc2OC)cc1. The van der Waals surface area contributed by atoms with Crippen molar-refractivity contribution in [3.63, 3.8) is 0 Å². The first-order valence-electron chi connectivity index (χ1n) is 9.46. The zero-order chi connectivity index (χ0) is 23.7. The van der Waals surface area contributed by atoms with Crippen LogP contribution in [0.2, 0.25) is 0 Å². The van der Waals surface area contributed by atoms with E-state index in [2.05, 4.69) is 5.32 Å². The first-order chi connectivity index (χ1) is 15.2. The number of carbonyl (C=O) groups is 1. The van der Waals surface area contributed by atoms with Gasteiger partial charge in [0.2, 0.25) is 10.0 Å². The lowest BCUT2D eigenvalue weighted by molar-refractivity contribution is -0.384. The first-order valence-corrected chi connectivity index (χ1v) is 10.9. The minimum Gasteiger partial charge on any atom is -0.494 e. The number of non-ortho nitro benzene ring substituents is 1. The lowest BCUT2D eigenvalue weighted by Crippen LogP contribution is -2.36. The standard InChI is InChI=1S/C20H25N3O8S/c1-29-12-10-22(11-13-30-2)32(27,28)17-7-4-15(5-8-17)20(24)21-18-9-6-16(23(25)26)14-19(18)31-3/h4-9,14H,10-13H2,1-3H3,(H,21,24). The largest absolute Gasteiger partial charge is 0.494 e. The van der Waals surface area contributed by atoms with Crippen molar-refractivity contribution < 1.29 is 32.3 Å². The highest BCUT2D eigenvalue weighted by Crippen LogP contribution is 2.29. The molecule has 0 saturated heterocycles. The van der Waals surface area contributed by atoms with E-state index in [1.807, 2.05) is 0 Å².